The van der Waals surface area contributed by atoms with Crippen LogP contribution in [-0.4, -0.2) is 30.6 Å². The summed E-state index contributed by atoms with van der Waals surface area (Å²) in [6.45, 7) is 4.41. The van der Waals surface area contributed by atoms with Gasteiger partial charge in [0.2, 0.25) is 0 Å². The SMILES string of the molecule is CCc1ccc(C(=O)NCC2CCOCC2)nc1. The van der Waals surface area contributed by atoms with Crippen LogP contribution in [0.4, 0.5) is 0 Å². The molecule has 1 aliphatic heterocycles. The van der Waals surface area contributed by atoms with Gasteiger partial charge in [-0.25, -0.2) is 0 Å². The first kappa shape index (κ1) is 13.0. The average molecular weight is 248 g/mol. The lowest BCUT2D eigenvalue weighted by molar-refractivity contribution is 0.0642. The van der Waals surface area contributed by atoms with E-state index >= 15 is 0 Å². The number of pyridine rings is 1. The van der Waals surface area contributed by atoms with E-state index in [9.17, 15) is 4.79 Å². The molecule has 98 valence electrons. The fourth-order valence-electron chi connectivity index (χ4n) is 2.05. The van der Waals surface area contributed by atoms with Gasteiger partial charge in [-0.2, -0.15) is 0 Å². The second kappa shape index (κ2) is 6.50. The predicted octanol–water partition coefficient (Wildman–Crippen LogP) is 1.80. The van der Waals surface area contributed by atoms with Gasteiger partial charge < -0.3 is 10.1 Å². The van der Waals surface area contributed by atoms with Gasteiger partial charge in [0.25, 0.3) is 5.91 Å². The number of carbonyl (C=O) groups is 1. The topological polar surface area (TPSA) is 51.2 Å². The molecule has 1 saturated heterocycles. The molecule has 1 aromatic heterocycles. The highest BCUT2D eigenvalue weighted by molar-refractivity contribution is 5.92. The molecule has 2 heterocycles. The summed E-state index contributed by atoms with van der Waals surface area (Å²) < 4.78 is 5.29. The lowest BCUT2D eigenvalue weighted by Gasteiger charge is -2.22. The van der Waals surface area contributed by atoms with Gasteiger partial charge in [0.1, 0.15) is 5.69 Å². The van der Waals surface area contributed by atoms with Crippen molar-refractivity contribution in [2.24, 2.45) is 5.92 Å². The molecule has 1 amide bonds. The Morgan fingerprint density at radius 1 is 1.44 bits per heavy atom. The minimum absolute atomic E-state index is 0.0795. The number of aryl methyl sites for hydroxylation is 1. The van der Waals surface area contributed by atoms with Gasteiger partial charge in [-0.1, -0.05) is 13.0 Å². The molecule has 0 radical (unpaired) electrons. The van der Waals surface area contributed by atoms with Crippen molar-refractivity contribution in [2.75, 3.05) is 19.8 Å². The smallest absolute Gasteiger partial charge is 0.269 e. The molecule has 0 aliphatic carbocycles. The van der Waals surface area contributed by atoms with Crippen LogP contribution in [-0.2, 0) is 11.2 Å². The van der Waals surface area contributed by atoms with Crippen LogP contribution in [0.3, 0.4) is 0 Å². The molecule has 1 fully saturated rings. The highest BCUT2D eigenvalue weighted by Crippen LogP contribution is 2.13. The summed E-state index contributed by atoms with van der Waals surface area (Å²) in [6, 6.07) is 3.74. The molecule has 0 saturated carbocycles. The predicted molar refractivity (Wildman–Crippen MR) is 69.5 cm³/mol. The quantitative estimate of drug-likeness (QED) is 0.884. The van der Waals surface area contributed by atoms with E-state index in [2.05, 4.69) is 17.2 Å². The van der Waals surface area contributed by atoms with Crippen molar-refractivity contribution >= 4 is 5.91 Å². The van der Waals surface area contributed by atoms with E-state index in [-0.39, 0.29) is 5.91 Å². The summed E-state index contributed by atoms with van der Waals surface area (Å²) in [7, 11) is 0. The molecule has 0 spiro atoms. The first-order chi connectivity index (χ1) is 8.79. The highest BCUT2D eigenvalue weighted by atomic mass is 16.5. The van der Waals surface area contributed by atoms with E-state index in [1.807, 2.05) is 6.07 Å². The number of nitrogens with zero attached hydrogens (tertiary/aromatic N) is 1. The normalized spacial score (nSPS) is 16.5. The minimum Gasteiger partial charge on any atom is -0.381 e. The zero-order valence-electron chi connectivity index (χ0n) is 10.8. The van der Waals surface area contributed by atoms with Gasteiger partial charge in [-0.15, -0.1) is 0 Å². The molecule has 0 bridgehead atoms. The third-order valence-corrected chi connectivity index (χ3v) is 3.36. The average Bonchev–Trinajstić information content (AvgIpc) is 2.46. The Morgan fingerprint density at radius 2 is 2.22 bits per heavy atom. The standard InChI is InChI=1S/C14H20N2O2/c1-2-11-3-4-13(15-9-11)14(17)16-10-12-5-7-18-8-6-12/h3-4,9,12H,2,5-8,10H2,1H3,(H,16,17). The van der Waals surface area contributed by atoms with E-state index in [1.165, 1.54) is 0 Å². The Kier molecular flexibility index (Phi) is 4.70. The summed E-state index contributed by atoms with van der Waals surface area (Å²) in [5, 5.41) is 2.95. The number of ether oxygens (including phenoxy) is 1. The molecular weight excluding hydrogens is 228 g/mol. The highest BCUT2D eigenvalue weighted by Gasteiger charge is 2.15. The van der Waals surface area contributed by atoms with Crippen LogP contribution < -0.4 is 5.32 Å². The van der Waals surface area contributed by atoms with Crippen molar-refractivity contribution in [1.29, 1.82) is 0 Å². The third kappa shape index (κ3) is 3.53. The fourth-order valence-corrected chi connectivity index (χ4v) is 2.05. The molecule has 0 atom stereocenters. The Balaban J connectivity index is 1.82. The Labute approximate surface area is 108 Å². The van der Waals surface area contributed by atoms with Crippen LogP contribution in [0.25, 0.3) is 0 Å². The number of nitrogens with one attached hydrogen (secondary N) is 1. The fraction of sp³-hybridized carbons (Fsp3) is 0.571. The second-order valence-corrected chi connectivity index (χ2v) is 4.67. The molecule has 1 aliphatic rings. The van der Waals surface area contributed by atoms with E-state index in [1.54, 1.807) is 12.3 Å². The van der Waals surface area contributed by atoms with E-state index in [0.29, 0.717) is 11.6 Å². The summed E-state index contributed by atoms with van der Waals surface area (Å²) >= 11 is 0. The van der Waals surface area contributed by atoms with Crippen LogP contribution >= 0.6 is 0 Å². The first-order valence-corrected chi connectivity index (χ1v) is 6.60. The van der Waals surface area contributed by atoms with Crippen LogP contribution in [0.2, 0.25) is 0 Å². The van der Waals surface area contributed by atoms with Gasteiger partial charge in [0.05, 0.1) is 0 Å². The number of hydrogen-bond acceptors (Lipinski definition) is 3. The van der Waals surface area contributed by atoms with Crippen LogP contribution in [0.5, 0.6) is 0 Å². The molecule has 1 aromatic rings. The van der Waals surface area contributed by atoms with Crippen molar-refractivity contribution in [3.8, 4) is 0 Å². The Morgan fingerprint density at radius 3 is 2.83 bits per heavy atom. The minimum atomic E-state index is -0.0795. The molecule has 4 heteroatoms. The number of hydrogen-bond donors (Lipinski definition) is 1. The molecule has 4 nitrogen and oxygen atoms in total. The van der Waals surface area contributed by atoms with Crippen LogP contribution in [0.1, 0.15) is 35.8 Å². The first-order valence-electron chi connectivity index (χ1n) is 6.60. The van der Waals surface area contributed by atoms with Crippen molar-refractivity contribution in [2.45, 2.75) is 26.2 Å². The van der Waals surface area contributed by atoms with Crippen LogP contribution in [0.15, 0.2) is 18.3 Å². The summed E-state index contributed by atoms with van der Waals surface area (Å²) in [6.07, 6.45) is 4.77. The van der Waals surface area contributed by atoms with Crippen molar-refractivity contribution < 1.29 is 9.53 Å². The number of rotatable bonds is 4. The van der Waals surface area contributed by atoms with Crippen molar-refractivity contribution in [3.05, 3.63) is 29.6 Å². The third-order valence-electron chi connectivity index (χ3n) is 3.36. The summed E-state index contributed by atoms with van der Waals surface area (Å²) in [4.78, 5) is 16.1. The Bertz CT molecular complexity index is 383. The molecule has 2 rings (SSSR count). The van der Waals surface area contributed by atoms with Crippen molar-refractivity contribution in [1.82, 2.24) is 10.3 Å². The van der Waals surface area contributed by atoms with E-state index in [4.69, 9.17) is 4.74 Å². The maximum Gasteiger partial charge on any atom is 0.269 e. The molecule has 1 N–H and O–H groups in total. The van der Waals surface area contributed by atoms with Gasteiger partial charge in [0, 0.05) is 26.0 Å². The second-order valence-electron chi connectivity index (χ2n) is 4.67. The number of amides is 1. The van der Waals surface area contributed by atoms with Gasteiger partial charge in [-0.3, -0.25) is 9.78 Å². The summed E-state index contributed by atoms with van der Waals surface area (Å²) in [5.74, 6) is 0.460. The van der Waals surface area contributed by atoms with Gasteiger partial charge in [0.15, 0.2) is 0 Å². The van der Waals surface area contributed by atoms with Gasteiger partial charge in [-0.05, 0) is 36.8 Å². The van der Waals surface area contributed by atoms with Gasteiger partial charge >= 0.3 is 0 Å². The number of aromatic nitrogens is 1. The zero-order valence-corrected chi connectivity index (χ0v) is 10.8. The molecule has 0 aromatic carbocycles. The molecular formula is C14H20N2O2. The molecule has 0 unspecified atom stereocenters. The lowest BCUT2D eigenvalue weighted by Crippen LogP contribution is -2.32. The lowest BCUT2D eigenvalue weighted by atomic mass is 10.0. The van der Waals surface area contributed by atoms with E-state index < -0.39 is 0 Å². The largest absolute Gasteiger partial charge is 0.381 e. The summed E-state index contributed by atoms with van der Waals surface area (Å²) in [5.41, 5.74) is 1.65. The monoisotopic (exact) mass is 248 g/mol. The zero-order chi connectivity index (χ0) is 12.8. The molecule has 18 heavy (non-hydrogen) atoms. The van der Waals surface area contributed by atoms with E-state index in [0.717, 1.165) is 44.6 Å². The van der Waals surface area contributed by atoms with Crippen molar-refractivity contribution in [3.63, 3.8) is 0 Å². The Hall–Kier alpha value is -1.42. The number of carbonyl (C=O) groups excluding carboxylic acids is 1. The maximum atomic E-state index is 11.9. The maximum absolute atomic E-state index is 11.9. The van der Waals surface area contributed by atoms with Crippen LogP contribution in [0, 0.1) is 5.92 Å².